The Morgan fingerprint density at radius 1 is 0.443 bits per heavy atom. The van der Waals surface area contributed by atoms with Crippen molar-refractivity contribution >= 4 is 79.6 Å². The van der Waals surface area contributed by atoms with Gasteiger partial charge in [0.15, 0.2) is 0 Å². The van der Waals surface area contributed by atoms with Gasteiger partial charge in [0.25, 0.3) is 23.4 Å². The number of hydrogen-bond donors (Lipinski definition) is 3. The molecule has 70 heavy (non-hydrogen) atoms. The molecule has 0 saturated carbocycles. The SMILES string of the molecule is C.C.CC(F)(F)C(C)(F)C(F)(F)F.CC(F)(F)C(F)(c1c[c-]c(N)[c-]c1)C(F)(F)F.CC(F)(F)C(F)(c1c[c-]c(N)[c-]c1)C(F)(F)F.CCI.Nc1[c-]ccc[c-]1.[CH3-].[I][V][I].[Y].[Y].[Y].[Y].[Y].[Y].[Y].[Y].[Y]. The van der Waals surface area contributed by atoms with Gasteiger partial charge in [-0.3, -0.25) is 42.5 Å². The zero-order valence-corrected chi connectivity index (χ0v) is 69.5. The number of para-hydroxylation sites is 1. The summed E-state index contributed by atoms with van der Waals surface area (Å²) in [5.74, 6) is -13.7. The van der Waals surface area contributed by atoms with E-state index in [0.717, 1.165) is 0 Å². The average molecular weight is 2090 g/mol. The summed E-state index contributed by atoms with van der Waals surface area (Å²) in [5, 5.41) is 0. The van der Waals surface area contributed by atoms with E-state index in [0.29, 0.717) is 39.4 Å². The standard InChI is InChI=1S/2C10H7F6N.C6H5N.C5H6F6.C2H5I.2CH4.CH3.2HI.V.9Y/c2*1-8(11,12)9(13,10(14,15)16)6-2-4-7(17)5-3-6;7-6-4-2-1-3-5-6;1-3(6,4(2,7)8)5(9,10)11;1-2-3;;;;;;;;;;;;;;;/h2*2-3H,17H2,1H3;1-3H,7H2;1-2H3;2H2,1H3;2*1H4;1H3;2*1H;;;;;;;;;;/q3*-2;;;;;-1;;;+2;;;;;;;;;/p-2. The Morgan fingerprint density at radius 2 is 0.629 bits per heavy atom. The number of rotatable bonds is 5. The molecule has 0 amide bonds. The van der Waals surface area contributed by atoms with Crippen molar-refractivity contribution in [2.45, 2.75) is 103 Å². The van der Waals surface area contributed by atoms with E-state index >= 15 is 0 Å². The van der Waals surface area contributed by atoms with Crippen LogP contribution in [-0.2, 0) is 315 Å². The van der Waals surface area contributed by atoms with Crippen LogP contribution in [0.1, 0.15) is 60.6 Å². The number of benzene rings is 3. The van der Waals surface area contributed by atoms with Crippen LogP contribution in [-0.4, -0.2) is 46.4 Å². The minimum atomic E-state index is -5.76. The Balaban J connectivity index is -0.0000000415. The molecule has 3 atom stereocenters. The van der Waals surface area contributed by atoms with Gasteiger partial charge in [-0.25, -0.2) is 67.7 Å². The first-order chi connectivity index (χ1) is 25.7. The number of anilines is 3. The zero-order valence-electron chi connectivity index (χ0n) is 36.1. The molecular formula is C36H41F18I3N3VY9-7. The molecule has 0 aromatic heterocycles. The maximum Gasteiger partial charge on any atom is 0 e. The smallest absolute Gasteiger partial charge is 0 e. The second kappa shape index (κ2) is 53.0. The van der Waals surface area contributed by atoms with Crippen LogP contribution in [0.5, 0.6) is 0 Å². The van der Waals surface area contributed by atoms with Crippen molar-refractivity contribution in [3.63, 3.8) is 0 Å². The van der Waals surface area contributed by atoms with Crippen LogP contribution in [0, 0.1) is 43.8 Å². The molecule has 0 aliphatic heterocycles. The maximum atomic E-state index is 13.7. The molecule has 3 aromatic carbocycles. The van der Waals surface area contributed by atoms with E-state index in [2.05, 4.69) is 81.6 Å². The van der Waals surface area contributed by atoms with Crippen LogP contribution in [0.2, 0.25) is 0 Å². The van der Waals surface area contributed by atoms with Crippen molar-refractivity contribution in [1.29, 1.82) is 0 Å². The van der Waals surface area contributed by atoms with Crippen molar-refractivity contribution in [1.82, 2.24) is 0 Å². The first kappa shape index (κ1) is 117. The van der Waals surface area contributed by atoms with Crippen LogP contribution in [0.3, 0.4) is 0 Å². The van der Waals surface area contributed by atoms with E-state index in [1.54, 1.807) is 12.1 Å². The van der Waals surface area contributed by atoms with Gasteiger partial charge in [0.2, 0.25) is 11.3 Å². The fraction of sp³-hybridized carbons (Fsp3) is 0.472. The van der Waals surface area contributed by atoms with Crippen LogP contribution in [0.15, 0.2) is 42.5 Å². The molecule has 0 heterocycles. The first-order valence-electron chi connectivity index (χ1n) is 14.6. The summed E-state index contributed by atoms with van der Waals surface area (Å²) in [6, 6.07) is 20.6. The summed E-state index contributed by atoms with van der Waals surface area (Å²) in [7, 11) is 0.628. The maximum absolute atomic E-state index is 13.7. The Hall–Kier alpha value is 8.51. The molecule has 0 saturated heterocycles. The second-order valence-corrected chi connectivity index (χ2v) is 24.2. The summed E-state index contributed by atoms with van der Waals surface area (Å²) >= 11 is 7.03. The molecule has 0 aliphatic rings. The Kier molecular flexibility index (Phi) is 88.6. The number of nitrogen functional groups attached to an aromatic ring is 3. The van der Waals surface area contributed by atoms with E-state index in [-0.39, 0.29) is 356 Å². The minimum Gasteiger partial charge on any atom is 0 e. The van der Waals surface area contributed by atoms with Crippen LogP contribution in [0.25, 0.3) is 0 Å². The summed E-state index contributed by atoms with van der Waals surface area (Å²) in [4.78, 5) is 0. The molecule has 386 valence electrons. The molecule has 0 spiro atoms. The quantitative estimate of drug-likeness (QED) is 0.0783. The van der Waals surface area contributed by atoms with Gasteiger partial charge in [0.05, 0.1) is 0 Å². The molecule has 3 aromatic rings. The van der Waals surface area contributed by atoms with Crippen molar-refractivity contribution in [2.24, 2.45) is 0 Å². The molecule has 3 unspecified atom stereocenters. The molecule has 0 bridgehead atoms. The van der Waals surface area contributed by atoms with E-state index in [9.17, 15) is 79.0 Å². The molecule has 6 N–H and O–H groups in total. The zero-order chi connectivity index (χ0) is 47.0. The van der Waals surface area contributed by atoms with E-state index < -0.39 is 64.4 Å². The summed E-state index contributed by atoms with van der Waals surface area (Å²) in [6.07, 6.45) is -17.1. The van der Waals surface area contributed by atoms with E-state index in [4.69, 9.17) is 17.2 Å². The van der Waals surface area contributed by atoms with Gasteiger partial charge in [-0.05, 0) is 11.4 Å². The Bertz CT molecular complexity index is 1470. The van der Waals surface area contributed by atoms with Crippen molar-refractivity contribution in [2.75, 3.05) is 21.6 Å². The van der Waals surface area contributed by atoms with Crippen LogP contribution in [0.4, 0.5) is 96.1 Å². The Morgan fingerprint density at radius 3 is 0.729 bits per heavy atom. The van der Waals surface area contributed by atoms with E-state index in [1.165, 1.54) is 4.43 Å². The fourth-order valence-electron chi connectivity index (χ4n) is 3.13. The molecular weight excluding hydrogens is 2050 g/mol. The normalized spacial score (nSPS) is 12.5. The average Bonchev–Trinajstić information content (AvgIpc) is 3.04. The summed E-state index contributed by atoms with van der Waals surface area (Å²) < 4.78 is 226. The van der Waals surface area contributed by atoms with Gasteiger partial charge in [-0.15, -0.1) is 0 Å². The molecule has 3 rings (SSSR count). The van der Waals surface area contributed by atoms with Crippen molar-refractivity contribution in [3.05, 3.63) is 97.4 Å². The third-order valence-corrected chi connectivity index (χ3v) is 6.35. The van der Waals surface area contributed by atoms with Gasteiger partial charge in [0, 0.05) is 315 Å². The summed E-state index contributed by atoms with van der Waals surface area (Å²) in [5.41, 5.74) is -1.01. The van der Waals surface area contributed by atoms with E-state index in [1.807, 2.05) is 30.3 Å². The molecule has 9 radical (unpaired) electrons. The summed E-state index contributed by atoms with van der Waals surface area (Å²) in [6.45, 7) is 1.53. The van der Waals surface area contributed by atoms with Gasteiger partial charge in [-0.1, -0.05) is 44.4 Å². The van der Waals surface area contributed by atoms with Crippen molar-refractivity contribution in [3.8, 4) is 0 Å². The topological polar surface area (TPSA) is 78.1 Å². The predicted molar refractivity (Wildman–Crippen MR) is 223 cm³/mol. The van der Waals surface area contributed by atoms with Crippen LogP contribution >= 0.6 is 62.5 Å². The van der Waals surface area contributed by atoms with Crippen LogP contribution < -0.4 is 17.2 Å². The number of halogens is 21. The largest absolute Gasteiger partial charge is 0 e. The fourth-order valence-corrected chi connectivity index (χ4v) is 3.13. The molecule has 0 aliphatic carbocycles. The Labute approximate surface area is 669 Å². The van der Waals surface area contributed by atoms with Gasteiger partial charge in [0.1, 0.15) is 0 Å². The van der Waals surface area contributed by atoms with Gasteiger partial charge >= 0.3 is 68.0 Å². The number of hydrogen-bond acceptors (Lipinski definition) is 3. The van der Waals surface area contributed by atoms with Gasteiger partial charge in [-0.2, -0.15) is 39.5 Å². The molecule has 0 fully saturated rings. The molecule has 3 nitrogen and oxygen atoms in total. The second-order valence-electron chi connectivity index (χ2n) is 10.9. The number of nitrogens with two attached hydrogens (primary N) is 3. The third-order valence-electron chi connectivity index (χ3n) is 6.35. The van der Waals surface area contributed by atoms with Crippen molar-refractivity contribution < 1.29 is 383 Å². The monoisotopic (exact) mass is 2090 g/mol. The molecule has 34 heteroatoms. The first-order valence-corrected chi connectivity index (χ1v) is 25.2. The third kappa shape index (κ3) is 41.5. The van der Waals surface area contributed by atoms with Gasteiger partial charge < -0.3 is 61.0 Å². The number of alkyl halides is 19. The predicted octanol–water partition coefficient (Wildman–Crippen LogP) is 15.2. The minimum absolute atomic E-state index is 0.